The molecular formula is C15H18ClN3O. The Kier molecular flexibility index (Phi) is 4.47. The first-order valence-electron chi connectivity index (χ1n) is 6.34. The van der Waals surface area contributed by atoms with Gasteiger partial charge in [-0.1, -0.05) is 29.3 Å². The number of hydrogen-bond donors (Lipinski definition) is 2. The first kappa shape index (κ1) is 14.6. The zero-order chi connectivity index (χ0) is 14.7. The van der Waals surface area contributed by atoms with Crippen LogP contribution >= 0.6 is 11.6 Å². The monoisotopic (exact) mass is 291 g/mol. The lowest BCUT2D eigenvalue weighted by molar-refractivity contribution is 0.297. The molecule has 0 amide bonds. The van der Waals surface area contributed by atoms with Gasteiger partial charge in [0, 0.05) is 0 Å². The molecule has 1 heterocycles. The van der Waals surface area contributed by atoms with Crippen molar-refractivity contribution in [2.45, 2.75) is 27.4 Å². The molecule has 2 aromatic rings. The quantitative estimate of drug-likeness (QED) is 0.668. The molecule has 0 fully saturated rings. The second-order valence-corrected chi connectivity index (χ2v) is 5.19. The lowest BCUT2D eigenvalue weighted by Gasteiger charge is -2.14. The number of aromatic nitrogens is 1. The molecule has 0 unspecified atom stereocenters. The molecule has 5 heteroatoms. The van der Waals surface area contributed by atoms with Crippen molar-refractivity contribution in [1.29, 1.82) is 0 Å². The Bertz CT molecular complexity index is 606. The fraction of sp³-hybridized carbons (Fsp3) is 0.267. The van der Waals surface area contributed by atoms with E-state index < -0.39 is 0 Å². The number of nitrogens with zero attached hydrogens (tertiary/aromatic N) is 1. The van der Waals surface area contributed by atoms with Crippen LogP contribution in [0.1, 0.15) is 22.4 Å². The first-order chi connectivity index (χ1) is 9.51. The van der Waals surface area contributed by atoms with E-state index in [2.05, 4.69) is 29.5 Å². The van der Waals surface area contributed by atoms with Crippen LogP contribution in [0.3, 0.4) is 0 Å². The minimum Gasteiger partial charge on any atom is -0.487 e. The van der Waals surface area contributed by atoms with Crippen molar-refractivity contribution in [3.8, 4) is 5.75 Å². The average molecular weight is 292 g/mol. The number of rotatable bonds is 4. The van der Waals surface area contributed by atoms with Crippen molar-refractivity contribution in [2.75, 3.05) is 5.43 Å². The van der Waals surface area contributed by atoms with E-state index >= 15 is 0 Å². The predicted molar refractivity (Wildman–Crippen MR) is 82.0 cm³/mol. The van der Waals surface area contributed by atoms with Crippen molar-refractivity contribution in [3.05, 3.63) is 51.7 Å². The van der Waals surface area contributed by atoms with E-state index in [0.29, 0.717) is 23.1 Å². The molecule has 0 saturated carbocycles. The minimum absolute atomic E-state index is 0.305. The Labute approximate surface area is 123 Å². The number of benzene rings is 1. The fourth-order valence-electron chi connectivity index (χ4n) is 2.20. The molecule has 0 bridgehead atoms. The van der Waals surface area contributed by atoms with Gasteiger partial charge in [-0.2, -0.15) is 0 Å². The Morgan fingerprint density at radius 3 is 2.45 bits per heavy atom. The highest BCUT2D eigenvalue weighted by molar-refractivity contribution is 6.31. The summed E-state index contributed by atoms with van der Waals surface area (Å²) in [4.78, 5) is 4.29. The molecule has 0 saturated heterocycles. The van der Waals surface area contributed by atoms with Crippen LogP contribution in [0.2, 0.25) is 5.02 Å². The molecule has 0 aliphatic rings. The van der Waals surface area contributed by atoms with E-state index in [-0.39, 0.29) is 0 Å². The van der Waals surface area contributed by atoms with E-state index in [1.807, 2.05) is 13.8 Å². The van der Waals surface area contributed by atoms with Gasteiger partial charge in [-0.05, 0) is 44.0 Å². The standard InChI is InChI=1S/C15H18ClN3O/c1-9-6-10(2)15(11(3)7-9)20-8-13-12(16)4-5-14(18-13)19-17/h4-7H,8,17H2,1-3H3,(H,18,19). The summed E-state index contributed by atoms with van der Waals surface area (Å²) in [6.07, 6.45) is 0. The van der Waals surface area contributed by atoms with Gasteiger partial charge in [-0.3, -0.25) is 0 Å². The second kappa shape index (κ2) is 6.11. The van der Waals surface area contributed by atoms with Gasteiger partial charge in [0.1, 0.15) is 18.2 Å². The maximum atomic E-state index is 6.11. The molecule has 1 aromatic heterocycles. The van der Waals surface area contributed by atoms with Crippen LogP contribution in [0.5, 0.6) is 5.75 Å². The summed E-state index contributed by atoms with van der Waals surface area (Å²) in [5.74, 6) is 6.78. The number of nitrogens with two attached hydrogens (primary N) is 1. The van der Waals surface area contributed by atoms with Crippen LogP contribution in [0.25, 0.3) is 0 Å². The van der Waals surface area contributed by atoms with E-state index in [4.69, 9.17) is 22.2 Å². The van der Waals surface area contributed by atoms with Crippen molar-refractivity contribution in [2.24, 2.45) is 5.84 Å². The van der Waals surface area contributed by atoms with Gasteiger partial charge in [-0.25, -0.2) is 10.8 Å². The number of ether oxygens (including phenoxy) is 1. The summed E-state index contributed by atoms with van der Waals surface area (Å²) < 4.78 is 5.87. The molecule has 4 nitrogen and oxygen atoms in total. The molecule has 0 atom stereocenters. The molecule has 0 aliphatic carbocycles. The molecule has 20 heavy (non-hydrogen) atoms. The summed E-state index contributed by atoms with van der Waals surface area (Å²) in [7, 11) is 0. The van der Waals surface area contributed by atoms with E-state index in [1.165, 1.54) is 5.56 Å². The SMILES string of the molecule is Cc1cc(C)c(OCc2nc(NN)ccc2Cl)c(C)c1. The summed E-state index contributed by atoms with van der Waals surface area (Å²) in [5.41, 5.74) is 6.58. The van der Waals surface area contributed by atoms with Gasteiger partial charge in [0.2, 0.25) is 0 Å². The minimum atomic E-state index is 0.305. The third-order valence-corrected chi connectivity index (χ3v) is 3.37. The number of nitrogen functional groups attached to an aromatic ring is 1. The number of anilines is 1. The van der Waals surface area contributed by atoms with Crippen molar-refractivity contribution in [3.63, 3.8) is 0 Å². The van der Waals surface area contributed by atoms with Gasteiger partial charge in [0.25, 0.3) is 0 Å². The lowest BCUT2D eigenvalue weighted by Crippen LogP contribution is -2.10. The van der Waals surface area contributed by atoms with Gasteiger partial charge in [-0.15, -0.1) is 0 Å². The van der Waals surface area contributed by atoms with Gasteiger partial charge in [0.15, 0.2) is 0 Å². The third-order valence-electron chi connectivity index (χ3n) is 3.02. The number of pyridine rings is 1. The highest BCUT2D eigenvalue weighted by Gasteiger charge is 2.09. The molecule has 3 N–H and O–H groups in total. The largest absolute Gasteiger partial charge is 0.487 e. The number of hydrogen-bond acceptors (Lipinski definition) is 4. The van der Waals surface area contributed by atoms with Crippen LogP contribution in [-0.2, 0) is 6.61 Å². The first-order valence-corrected chi connectivity index (χ1v) is 6.71. The fourth-order valence-corrected chi connectivity index (χ4v) is 2.36. The summed E-state index contributed by atoms with van der Waals surface area (Å²) in [6, 6.07) is 7.65. The van der Waals surface area contributed by atoms with Crippen LogP contribution < -0.4 is 16.0 Å². The summed E-state index contributed by atoms with van der Waals surface area (Å²) >= 11 is 6.11. The van der Waals surface area contributed by atoms with Crippen molar-refractivity contribution >= 4 is 17.4 Å². The van der Waals surface area contributed by atoms with Crippen molar-refractivity contribution < 1.29 is 4.74 Å². The zero-order valence-corrected chi connectivity index (χ0v) is 12.6. The number of halogens is 1. The number of nitrogens with one attached hydrogen (secondary N) is 1. The smallest absolute Gasteiger partial charge is 0.140 e. The molecular weight excluding hydrogens is 274 g/mol. The molecule has 2 rings (SSSR count). The van der Waals surface area contributed by atoms with Crippen LogP contribution in [0.4, 0.5) is 5.82 Å². The Morgan fingerprint density at radius 2 is 1.85 bits per heavy atom. The maximum Gasteiger partial charge on any atom is 0.140 e. The second-order valence-electron chi connectivity index (χ2n) is 4.79. The molecule has 0 spiro atoms. The normalized spacial score (nSPS) is 10.4. The summed E-state index contributed by atoms with van der Waals surface area (Å²) in [5, 5.41) is 0.561. The Morgan fingerprint density at radius 1 is 1.20 bits per heavy atom. The van der Waals surface area contributed by atoms with Crippen molar-refractivity contribution in [1.82, 2.24) is 4.98 Å². The topological polar surface area (TPSA) is 60.2 Å². The summed E-state index contributed by atoms with van der Waals surface area (Å²) in [6.45, 7) is 6.43. The highest BCUT2D eigenvalue weighted by Crippen LogP contribution is 2.26. The Balaban J connectivity index is 2.21. The predicted octanol–water partition coefficient (Wildman–Crippen LogP) is 3.52. The third kappa shape index (κ3) is 3.21. The molecule has 106 valence electrons. The van der Waals surface area contributed by atoms with Crippen LogP contribution in [0.15, 0.2) is 24.3 Å². The maximum absolute atomic E-state index is 6.11. The lowest BCUT2D eigenvalue weighted by atomic mass is 10.1. The van der Waals surface area contributed by atoms with E-state index in [9.17, 15) is 0 Å². The van der Waals surface area contributed by atoms with E-state index in [0.717, 1.165) is 16.9 Å². The van der Waals surface area contributed by atoms with E-state index in [1.54, 1.807) is 12.1 Å². The molecule has 1 aromatic carbocycles. The van der Waals surface area contributed by atoms with Gasteiger partial charge >= 0.3 is 0 Å². The Hall–Kier alpha value is -1.78. The van der Waals surface area contributed by atoms with Gasteiger partial charge in [0.05, 0.1) is 10.7 Å². The molecule has 0 radical (unpaired) electrons. The van der Waals surface area contributed by atoms with Gasteiger partial charge < -0.3 is 10.2 Å². The van der Waals surface area contributed by atoms with Crippen LogP contribution in [0, 0.1) is 20.8 Å². The number of hydrazine groups is 1. The number of aryl methyl sites for hydroxylation is 3. The average Bonchev–Trinajstić information content (AvgIpc) is 2.39. The zero-order valence-electron chi connectivity index (χ0n) is 11.8. The highest BCUT2D eigenvalue weighted by atomic mass is 35.5. The molecule has 0 aliphatic heterocycles. The van der Waals surface area contributed by atoms with Crippen LogP contribution in [-0.4, -0.2) is 4.98 Å².